The quantitative estimate of drug-likeness (QED) is 0.914. The second-order valence-corrected chi connectivity index (χ2v) is 7.09. The highest BCUT2D eigenvalue weighted by atomic mass is 16.4. The maximum absolute atomic E-state index is 10.6. The van der Waals surface area contributed by atoms with E-state index in [-0.39, 0.29) is 11.8 Å². The van der Waals surface area contributed by atoms with E-state index in [4.69, 9.17) is 9.52 Å². The fourth-order valence-corrected chi connectivity index (χ4v) is 5.16. The fraction of sp³-hybridized carbons (Fsp3) is 0.800. The van der Waals surface area contributed by atoms with Gasteiger partial charge in [0.2, 0.25) is 11.8 Å². The van der Waals surface area contributed by atoms with E-state index in [0.29, 0.717) is 12.3 Å². The molecular weight excluding hydrogens is 256 g/mol. The molecule has 4 saturated carbocycles. The predicted octanol–water partition coefficient (Wildman–Crippen LogP) is 2.55. The van der Waals surface area contributed by atoms with Crippen molar-refractivity contribution in [3.63, 3.8) is 0 Å². The van der Waals surface area contributed by atoms with Crippen molar-refractivity contribution in [2.75, 3.05) is 0 Å². The van der Waals surface area contributed by atoms with Gasteiger partial charge in [-0.05, 0) is 56.3 Å². The Bertz CT molecular complexity index is 502. The maximum atomic E-state index is 10.6. The first kappa shape index (κ1) is 12.4. The van der Waals surface area contributed by atoms with Crippen LogP contribution in [0.2, 0.25) is 0 Å². The Morgan fingerprint density at radius 1 is 1.15 bits per heavy atom. The third-order valence-electron chi connectivity index (χ3n) is 5.51. The predicted molar refractivity (Wildman–Crippen MR) is 70.1 cm³/mol. The van der Waals surface area contributed by atoms with Crippen LogP contribution in [0.25, 0.3) is 0 Å². The van der Waals surface area contributed by atoms with Gasteiger partial charge in [-0.25, -0.2) is 0 Å². The summed E-state index contributed by atoms with van der Waals surface area (Å²) in [4.78, 5) is 10.6. The number of carboxylic acid groups (broad SMARTS) is 1. The van der Waals surface area contributed by atoms with Crippen molar-refractivity contribution in [1.29, 1.82) is 0 Å². The molecule has 4 fully saturated rings. The summed E-state index contributed by atoms with van der Waals surface area (Å²) in [7, 11) is 0. The lowest BCUT2D eigenvalue weighted by atomic mass is 9.49. The summed E-state index contributed by atoms with van der Waals surface area (Å²) in [5.74, 6) is 2.98. The smallest absolute Gasteiger partial charge is 0.303 e. The zero-order valence-corrected chi connectivity index (χ0v) is 11.5. The molecule has 0 radical (unpaired) electrons. The zero-order chi connectivity index (χ0) is 13.7. The molecule has 0 aromatic carbocycles. The molecule has 20 heavy (non-hydrogen) atoms. The first-order valence-corrected chi connectivity index (χ1v) is 7.68. The van der Waals surface area contributed by atoms with Crippen molar-refractivity contribution >= 4 is 5.97 Å². The number of carbonyl (C=O) groups is 1. The van der Waals surface area contributed by atoms with E-state index < -0.39 is 5.97 Å². The molecule has 1 N–H and O–H groups in total. The van der Waals surface area contributed by atoms with Crippen LogP contribution in [0.3, 0.4) is 0 Å². The van der Waals surface area contributed by atoms with E-state index >= 15 is 0 Å². The van der Waals surface area contributed by atoms with Gasteiger partial charge < -0.3 is 9.52 Å². The van der Waals surface area contributed by atoms with E-state index in [2.05, 4.69) is 10.2 Å². The molecule has 1 heterocycles. The van der Waals surface area contributed by atoms with E-state index in [1.807, 2.05) is 0 Å². The van der Waals surface area contributed by atoms with E-state index in [9.17, 15) is 4.79 Å². The summed E-state index contributed by atoms with van der Waals surface area (Å²) in [6.45, 7) is 0. The number of carboxylic acids is 1. The lowest BCUT2D eigenvalue weighted by molar-refractivity contribution is -0.137. The lowest BCUT2D eigenvalue weighted by Gasteiger charge is -2.55. The van der Waals surface area contributed by atoms with Crippen LogP contribution in [0.15, 0.2) is 4.42 Å². The molecule has 4 aliphatic carbocycles. The van der Waals surface area contributed by atoms with Crippen molar-refractivity contribution in [2.24, 2.45) is 17.8 Å². The maximum Gasteiger partial charge on any atom is 0.303 e. The van der Waals surface area contributed by atoms with Crippen molar-refractivity contribution in [3.8, 4) is 0 Å². The van der Waals surface area contributed by atoms with Gasteiger partial charge in [-0.15, -0.1) is 10.2 Å². The number of hydrogen-bond donors (Lipinski definition) is 1. The van der Waals surface area contributed by atoms with Crippen LogP contribution in [-0.2, 0) is 16.6 Å². The highest BCUT2D eigenvalue weighted by Crippen LogP contribution is 2.60. The molecule has 0 saturated heterocycles. The largest absolute Gasteiger partial charge is 0.481 e. The molecule has 0 atom stereocenters. The summed E-state index contributed by atoms with van der Waals surface area (Å²) in [5, 5.41) is 17.1. The summed E-state index contributed by atoms with van der Waals surface area (Å²) >= 11 is 0. The number of hydrogen-bond acceptors (Lipinski definition) is 4. The van der Waals surface area contributed by atoms with Crippen LogP contribution in [-0.4, -0.2) is 21.3 Å². The normalized spacial score (nSPS) is 38.3. The van der Waals surface area contributed by atoms with Crippen molar-refractivity contribution in [1.82, 2.24) is 10.2 Å². The standard InChI is InChI=1S/C15H20N2O3/c18-13(19)2-1-12-16-17-14(20-12)15-6-9-3-10(7-15)5-11(4-9)8-15/h9-11H,1-8H2,(H,18,19). The molecule has 5 heteroatoms. The number of aromatic nitrogens is 2. The van der Waals surface area contributed by atoms with Crippen molar-refractivity contribution in [2.45, 2.75) is 56.8 Å². The monoisotopic (exact) mass is 276 g/mol. The molecular formula is C15H20N2O3. The van der Waals surface area contributed by atoms with Gasteiger partial charge >= 0.3 is 5.97 Å². The third kappa shape index (κ3) is 1.95. The van der Waals surface area contributed by atoms with Gasteiger partial charge in [0.1, 0.15) is 0 Å². The first-order valence-electron chi connectivity index (χ1n) is 7.68. The van der Waals surface area contributed by atoms with Gasteiger partial charge in [-0.3, -0.25) is 4.79 Å². The molecule has 0 amide bonds. The number of nitrogens with zero attached hydrogens (tertiary/aromatic N) is 2. The van der Waals surface area contributed by atoms with Crippen LogP contribution in [0.5, 0.6) is 0 Å². The second kappa shape index (κ2) is 4.30. The van der Waals surface area contributed by atoms with Gasteiger partial charge in [-0.1, -0.05) is 0 Å². The number of rotatable bonds is 4. The molecule has 0 spiro atoms. The molecule has 0 unspecified atom stereocenters. The van der Waals surface area contributed by atoms with Gasteiger partial charge in [0.05, 0.1) is 6.42 Å². The van der Waals surface area contributed by atoms with Crippen molar-refractivity contribution in [3.05, 3.63) is 11.8 Å². The molecule has 1 aromatic rings. The average Bonchev–Trinajstić information content (AvgIpc) is 2.84. The topological polar surface area (TPSA) is 76.2 Å². The third-order valence-corrected chi connectivity index (χ3v) is 5.51. The van der Waals surface area contributed by atoms with Crippen LogP contribution < -0.4 is 0 Å². The Balaban J connectivity index is 1.56. The fourth-order valence-electron chi connectivity index (χ4n) is 5.16. The molecule has 1 aromatic heterocycles. The molecule has 5 nitrogen and oxygen atoms in total. The van der Waals surface area contributed by atoms with Crippen molar-refractivity contribution < 1.29 is 14.3 Å². The van der Waals surface area contributed by atoms with E-state index in [1.165, 1.54) is 38.5 Å². The van der Waals surface area contributed by atoms with Gasteiger partial charge in [-0.2, -0.15) is 0 Å². The van der Waals surface area contributed by atoms with Gasteiger partial charge in [0.25, 0.3) is 0 Å². The Labute approximate surface area is 117 Å². The van der Waals surface area contributed by atoms with E-state index in [1.54, 1.807) is 0 Å². The Hall–Kier alpha value is -1.39. The summed E-state index contributed by atoms with van der Waals surface area (Å²) in [6, 6.07) is 0. The SMILES string of the molecule is O=C(O)CCc1nnc(C23CC4CC(CC(C4)C2)C3)o1. The van der Waals surface area contributed by atoms with Crippen LogP contribution >= 0.6 is 0 Å². The van der Waals surface area contributed by atoms with Crippen LogP contribution in [0, 0.1) is 17.8 Å². The molecule has 0 aliphatic heterocycles. The zero-order valence-electron chi connectivity index (χ0n) is 11.5. The van der Waals surface area contributed by atoms with Gasteiger partial charge in [0.15, 0.2) is 0 Å². The highest BCUT2D eigenvalue weighted by Gasteiger charge is 2.54. The second-order valence-electron chi connectivity index (χ2n) is 7.09. The summed E-state index contributed by atoms with van der Waals surface area (Å²) in [5.41, 5.74) is 0.114. The number of aliphatic carboxylic acids is 1. The lowest BCUT2D eigenvalue weighted by Crippen LogP contribution is -2.48. The minimum atomic E-state index is -0.820. The van der Waals surface area contributed by atoms with Gasteiger partial charge in [0, 0.05) is 11.8 Å². The Morgan fingerprint density at radius 2 is 1.75 bits per heavy atom. The molecule has 5 rings (SSSR count). The molecule has 108 valence electrons. The first-order chi connectivity index (χ1) is 9.63. The summed E-state index contributed by atoms with van der Waals surface area (Å²) in [6.07, 6.45) is 8.15. The Morgan fingerprint density at radius 3 is 2.30 bits per heavy atom. The average molecular weight is 276 g/mol. The minimum Gasteiger partial charge on any atom is -0.481 e. The highest BCUT2D eigenvalue weighted by molar-refractivity contribution is 5.66. The van der Waals surface area contributed by atoms with Crippen LogP contribution in [0.1, 0.15) is 56.7 Å². The van der Waals surface area contributed by atoms with Crippen LogP contribution in [0.4, 0.5) is 0 Å². The Kier molecular flexibility index (Phi) is 2.66. The summed E-state index contributed by atoms with van der Waals surface area (Å²) < 4.78 is 5.83. The molecule has 4 bridgehead atoms. The minimum absolute atomic E-state index is 0.0580. The molecule has 4 aliphatic rings. The van der Waals surface area contributed by atoms with E-state index in [0.717, 1.165) is 23.6 Å². The number of aryl methyl sites for hydroxylation is 1.